The first-order valence-electron chi connectivity index (χ1n) is 43.5. The van der Waals surface area contributed by atoms with Gasteiger partial charge in [-0.05, 0) is 220 Å². The van der Waals surface area contributed by atoms with Crippen LogP contribution in [0, 0.1) is 0 Å². The molecule has 136 heavy (non-hydrogen) atoms. The molecule has 10 heterocycles. The summed E-state index contributed by atoms with van der Waals surface area (Å²) in [6, 6.07) is 77.2. The highest BCUT2D eigenvalue weighted by Crippen LogP contribution is 2.40. The Hall–Kier alpha value is -12.3. The number of hydrogen-bond donors (Lipinski definition) is 0. The summed E-state index contributed by atoms with van der Waals surface area (Å²) >= 11 is 62.7. The van der Waals surface area contributed by atoms with E-state index in [4.69, 9.17) is 135 Å². The number of aromatic nitrogens is 10. The van der Waals surface area contributed by atoms with Crippen LogP contribution in [0.1, 0.15) is 110 Å². The van der Waals surface area contributed by atoms with Gasteiger partial charge in [0.05, 0.1) is 78.4 Å². The van der Waals surface area contributed by atoms with Crippen LogP contribution in [0.25, 0.3) is 109 Å². The van der Waals surface area contributed by atoms with E-state index in [0.29, 0.717) is 115 Å². The minimum absolute atomic E-state index is 0.198. The number of para-hydroxylation sites is 5. The lowest BCUT2D eigenvalue weighted by Gasteiger charge is -2.11. The first-order chi connectivity index (χ1) is 65.7. The standard InChI is InChI=1S/C23H21Cl2N3O2.2C22H18Cl2N2O2.C20H14Cl2N2O2.C20H16Cl2N2/c1-27(2)9-10-30-23(29)20-12-18-17-5-3-4-6-21(17)28(22(18)13-26-20)14-15-11-16(24)7-8-19(15)25;1-13(2)28-22(27)19-10-17-16-5-3-4-6-20(16)26(21(17)11-25-19)12-14-9-15(23)7-8-18(14)24;1-2-9-28-22(27)19-11-17-16-5-3-4-6-20(16)26(21(17)12-25-19)13-14-10-15(23)7-8-18(14)24;1-26-20(25)17-9-15-14-4-2-3-5-18(14)24(19(15)10-23-17)11-12-8-13(21)6-7-16(12)22;1-2-15-10-17-16-5-3-4-6-19(16)24(20(17)11-23-15)12-13-9-14(21)7-8-18(13)22/h3-8,11-13H,9-10,14H2,1-2H3;3-11,13H,12H2,1-2H3;3-8,10-12H,2,9,13H2,1H3;2-10H,11H2,1H3;3-11H,2,12H2,1H3. The highest BCUT2D eigenvalue weighted by Gasteiger charge is 2.24. The number of hydrogen-bond acceptors (Lipinski definition) is 14. The normalized spacial score (nSPS) is 11.4. The van der Waals surface area contributed by atoms with Gasteiger partial charge in [-0.1, -0.05) is 221 Å². The second-order valence-corrected chi connectivity index (χ2v) is 36.8. The molecule has 10 aromatic heterocycles. The van der Waals surface area contributed by atoms with E-state index in [9.17, 15) is 19.2 Å². The maximum atomic E-state index is 12.4. The third-order valence-electron chi connectivity index (χ3n) is 23.0. The van der Waals surface area contributed by atoms with Gasteiger partial charge < -0.3 is 46.7 Å². The molecule has 0 bridgehead atoms. The van der Waals surface area contributed by atoms with Crippen LogP contribution in [-0.4, -0.2) is 124 Å². The van der Waals surface area contributed by atoms with Crippen molar-refractivity contribution in [1.82, 2.24) is 52.7 Å². The summed E-state index contributed by atoms with van der Waals surface area (Å²) in [6.07, 6.45) is 10.3. The Kier molecular flexibility index (Phi) is 30.9. The zero-order valence-electron chi connectivity index (χ0n) is 74.6. The van der Waals surface area contributed by atoms with Gasteiger partial charge in [-0.15, -0.1) is 0 Å². The van der Waals surface area contributed by atoms with Gasteiger partial charge in [-0.3, -0.25) is 4.98 Å². The molecule has 0 aliphatic rings. The van der Waals surface area contributed by atoms with Crippen molar-refractivity contribution in [2.24, 2.45) is 0 Å². The first-order valence-corrected chi connectivity index (χ1v) is 47.3. The number of esters is 4. The quantitative estimate of drug-likeness (QED) is 0.0486. The van der Waals surface area contributed by atoms with Gasteiger partial charge in [0.1, 0.15) is 29.4 Å². The molecule has 0 saturated carbocycles. The molecule has 0 aliphatic heterocycles. The molecule has 29 heteroatoms. The third kappa shape index (κ3) is 21.6. The molecule has 19 nitrogen and oxygen atoms in total. The molecule has 0 unspecified atom stereocenters. The van der Waals surface area contributed by atoms with E-state index in [0.717, 1.165) is 144 Å². The molecule has 20 rings (SSSR count). The zero-order chi connectivity index (χ0) is 95.7. The number of pyridine rings is 5. The number of benzene rings is 10. The van der Waals surface area contributed by atoms with Crippen LogP contribution in [0.5, 0.6) is 0 Å². The van der Waals surface area contributed by atoms with Crippen molar-refractivity contribution in [1.29, 1.82) is 0 Å². The average Bonchev–Trinajstić information content (AvgIpc) is 1.65. The first kappa shape index (κ1) is 96.8. The molecule has 0 radical (unpaired) electrons. The van der Waals surface area contributed by atoms with E-state index in [1.54, 1.807) is 97.6 Å². The van der Waals surface area contributed by atoms with Crippen LogP contribution in [0.2, 0.25) is 50.2 Å². The minimum Gasteiger partial charge on any atom is -0.464 e. The molecular formula is C107H87Cl10N11O8. The molecule has 0 aliphatic carbocycles. The fourth-order valence-corrected chi connectivity index (χ4v) is 18.3. The Morgan fingerprint density at radius 1 is 0.309 bits per heavy atom. The lowest BCUT2D eigenvalue weighted by atomic mass is 10.1. The Balaban J connectivity index is 0.000000123. The van der Waals surface area contributed by atoms with Crippen molar-refractivity contribution in [2.75, 3.05) is 41.0 Å². The molecule has 0 saturated heterocycles. The number of nitrogens with zero attached hydrogens (tertiary/aromatic N) is 11. The average molecular weight is 2010 g/mol. The molecule has 0 N–H and O–H groups in total. The van der Waals surface area contributed by atoms with E-state index < -0.39 is 23.9 Å². The number of ether oxygens (including phenoxy) is 4. The van der Waals surface area contributed by atoms with Crippen LogP contribution < -0.4 is 0 Å². The smallest absolute Gasteiger partial charge is 0.357 e. The van der Waals surface area contributed by atoms with Gasteiger partial charge in [-0.25, -0.2) is 39.1 Å². The largest absolute Gasteiger partial charge is 0.464 e. The maximum Gasteiger partial charge on any atom is 0.357 e. The highest BCUT2D eigenvalue weighted by molar-refractivity contribution is 6.36. The summed E-state index contributed by atoms with van der Waals surface area (Å²) in [4.78, 5) is 72.7. The van der Waals surface area contributed by atoms with Gasteiger partial charge in [0.2, 0.25) is 0 Å². The van der Waals surface area contributed by atoms with Gasteiger partial charge in [-0.2, -0.15) is 0 Å². The van der Waals surface area contributed by atoms with E-state index >= 15 is 0 Å². The Labute approximate surface area is 833 Å². The Morgan fingerprint density at radius 3 is 0.831 bits per heavy atom. The number of methoxy groups -OCH3 is 1. The lowest BCUT2D eigenvalue weighted by molar-refractivity contribution is 0.0369. The topological polar surface area (TPSA) is 198 Å². The summed E-state index contributed by atoms with van der Waals surface area (Å²) in [5.74, 6) is -1.71. The fourth-order valence-electron chi connectivity index (χ4n) is 16.5. The Bertz CT molecular complexity index is 7970. The maximum absolute atomic E-state index is 12.4. The fraction of sp³-hybridized carbons (Fsp3) is 0.168. The predicted octanol–water partition coefficient (Wildman–Crippen LogP) is 28.9. The van der Waals surface area contributed by atoms with Crippen molar-refractivity contribution in [3.8, 4) is 0 Å². The van der Waals surface area contributed by atoms with Gasteiger partial charge in [0, 0.05) is 177 Å². The van der Waals surface area contributed by atoms with Crippen molar-refractivity contribution >= 4 is 249 Å². The molecule has 0 fully saturated rings. The molecule has 10 aromatic carbocycles. The van der Waals surface area contributed by atoms with Gasteiger partial charge in [0.15, 0.2) is 0 Å². The number of rotatable bonds is 21. The second-order valence-electron chi connectivity index (χ2n) is 32.6. The number of likely N-dealkylation sites (N-methyl/N-ethyl adjacent to an activating group) is 1. The van der Waals surface area contributed by atoms with Crippen molar-refractivity contribution < 1.29 is 38.1 Å². The summed E-state index contributed by atoms with van der Waals surface area (Å²) in [6.45, 7) is 11.9. The summed E-state index contributed by atoms with van der Waals surface area (Å²) in [5, 5.41) is 17.0. The van der Waals surface area contributed by atoms with E-state index in [1.165, 1.54) is 23.4 Å². The van der Waals surface area contributed by atoms with Crippen LogP contribution >= 0.6 is 116 Å². The van der Waals surface area contributed by atoms with Crippen LogP contribution in [0.15, 0.2) is 274 Å². The number of halogens is 10. The summed E-state index contributed by atoms with van der Waals surface area (Å²) in [7, 11) is 5.21. The molecular weight excluding hydrogens is 1920 g/mol. The van der Waals surface area contributed by atoms with Crippen LogP contribution in [0.4, 0.5) is 0 Å². The summed E-state index contributed by atoms with van der Waals surface area (Å²) < 4.78 is 31.4. The third-order valence-corrected chi connectivity index (χ3v) is 26.0. The van der Waals surface area contributed by atoms with E-state index in [-0.39, 0.29) is 11.8 Å². The zero-order valence-corrected chi connectivity index (χ0v) is 82.2. The molecule has 0 spiro atoms. The van der Waals surface area contributed by atoms with E-state index in [2.05, 4.69) is 85.0 Å². The summed E-state index contributed by atoms with van der Waals surface area (Å²) in [5.41, 5.74) is 17.0. The van der Waals surface area contributed by atoms with Crippen molar-refractivity contribution in [2.45, 2.75) is 79.4 Å². The lowest BCUT2D eigenvalue weighted by Crippen LogP contribution is -2.20. The minimum atomic E-state index is -0.457. The molecule has 0 atom stereocenters. The molecule has 0 amide bonds. The predicted molar refractivity (Wildman–Crippen MR) is 555 cm³/mol. The number of fused-ring (bicyclic) bond motifs is 15. The van der Waals surface area contributed by atoms with E-state index in [1.807, 2.05) is 185 Å². The van der Waals surface area contributed by atoms with Gasteiger partial charge in [0.25, 0.3) is 0 Å². The Morgan fingerprint density at radius 2 is 0.566 bits per heavy atom. The van der Waals surface area contributed by atoms with Crippen molar-refractivity contribution in [3.63, 3.8) is 0 Å². The van der Waals surface area contributed by atoms with Gasteiger partial charge >= 0.3 is 23.9 Å². The van der Waals surface area contributed by atoms with Crippen LogP contribution in [0.3, 0.4) is 0 Å². The van der Waals surface area contributed by atoms with Crippen LogP contribution in [-0.2, 0) is 58.1 Å². The molecule has 688 valence electrons. The SMILES string of the molecule is CC(C)OC(=O)c1cc2c3ccccc3n(Cc3cc(Cl)ccc3Cl)c2cn1.CCCOC(=O)c1cc2c3ccccc3n(Cc3cc(Cl)ccc3Cl)c2cn1.CCc1cc2c3ccccc3n(Cc3cc(Cl)ccc3Cl)c2cn1.CN(C)CCOC(=O)c1cc2c3ccccc3n(Cc3cc(Cl)ccc3Cl)c2cn1.COC(=O)c1cc2c3ccccc3n(Cc3cc(Cl)ccc3Cl)c2cn1. The highest BCUT2D eigenvalue weighted by atomic mass is 35.5. The van der Waals surface area contributed by atoms with Crippen molar-refractivity contribution in [3.05, 3.63) is 380 Å². The monoisotopic (exact) mass is 2000 g/mol. The number of carbonyl (C=O) groups excluding carboxylic acids is 4. The number of aryl methyl sites for hydroxylation is 1. The molecule has 20 aromatic rings. The number of carbonyl (C=O) groups is 4. The second kappa shape index (κ2) is 43.4.